The highest BCUT2D eigenvalue weighted by atomic mass is 32.2. The molecule has 7 heteroatoms. The summed E-state index contributed by atoms with van der Waals surface area (Å²) in [5.74, 6) is -0.162. The molecule has 2 aromatic carbocycles. The van der Waals surface area contributed by atoms with E-state index >= 15 is 0 Å². The normalized spacial score (nSPS) is 12.0. The molecule has 0 radical (unpaired) electrons. The molecule has 0 saturated heterocycles. The van der Waals surface area contributed by atoms with Gasteiger partial charge in [0, 0.05) is 0 Å². The van der Waals surface area contributed by atoms with Gasteiger partial charge in [0.2, 0.25) is 0 Å². The minimum absolute atomic E-state index is 0.0626. The molecule has 25 heavy (non-hydrogen) atoms. The van der Waals surface area contributed by atoms with E-state index in [1.165, 1.54) is 18.2 Å². The molecular formula is C18H18N2O4S. The van der Waals surface area contributed by atoms with Gasteiger partial charge in [0.1, 0.15) is 5.75 Å². The number of anilines is 1. The minimum Gasteiger partial charge on any atom is -0.481 e. The Labute approximate surface area is 147 Å². The van der Waals surface area contributed by atoms with Crippen molar-refractivity contribution >= 4 is 21.4 Å². The van der Waals surface area contributed by atoms with Crippen molar-refractivity contribution in [1.29, 1.82) is 5.26 Å². The number of para-hydroxylation sites is 1. The maximum Gasteiger partial charge on any atom is 0.265 e. The maximum absolute atomic E-state index is 12.3. The number of nitrogens with zero attached hydrogens (tertiary/aromatic N) is 1. The second-order valence-corrected chi connectivity index (χ2v) is 7.54. The summed E-state index contributed by atoms with van der Waals surface area (Å²) in [5, 5.41) is 11.5. The first-order valence-electron chi connectivity index (χ1n) is 7.67. The molecule has 0 spiro atoms. The van der Waals surface area contributed by atoms with Crippen LogP contribution in [0.3, 0.4) is 0 Å². The average molecular weight is 358 g/mol. The molecule has 0 aliphatic heterocycles. The number of nitriles is 1. The molecule has 2 aromatic rings. The smallest absolute Gasteiger partial charge is 0.265 e. The quantitative estimate of drug-likeness (QED) is 0.856. The van der Waals surface area contributed by atoms with Crippen molar-refractivity contribution in [3.63, 3.8) is 0 Å². The Morgan fingerprint density at radius 3 is 2.64 bits per heavy atom. The molecule has 1 N–H and O–H groups in total. The number of rotatable bonds is 6. The molecule has 2 rings (SSSR count). The Balaban J connectivity index is 2.16. The molecule has 0 unspecified atom stereocenters. The van der Waals surface area contributed by atoms with E-state index in [1.807, 2.05) is 6.07 Å². The van der Waals surface area contributed by atoms with E-state index in [-0.39, 0.29) is 16.3 Å². The van der Waals surface area contributed by atoms with Crippen LogP contribution >= 0.6 is 0 Å². The summed E-state index contributed by atoms with van der Waals surface area (Å²) in [6.45, 7) is 3.09. The molecule has 130 valence electrons. The summed E-state index contributed by atoms with van der Waals surface area (Å²) >= 11 is 0. The summed E-state index contributed by atoms with van der Waals surface area (Å²) in [6.07, 6.45) is -0.869. The minimum atomic E-state index is -3.46. The Hall–Kier alpha value is -2.85. The van der Waals surface area contributed by atoms with E-state index < -0.39 is 21.8 Å². The van der Waals surface area contributed by atoms with Crippen LogP contribution in [0.4, 0.5) is 5.69 Å². The Kier molecular flexibility index (Phi) is 5.78. The summed E-state index contributed by atoms with van der Waals surface area (Å²) in [4.78, 5) is 12.4. The number of carbonyl (C=O) groups excluding carboxylic acids is 1. The third-order valence-corrected chi connectivity index (χ3v) is 5.29. The topological polar surface area (TPSA) is 96.3 Å². The number of nitrogens with one attached hydrogen (secondary N) is 1. The molecule has 1 atom stereocenters. The van der Waals surface area contributed by atoms with Gasteiger partial charge in [-0.1, -0.05) is 25.1 Å². The number of amides is 1. The summed E-state index contributed by atoms with van der Waals surface area (Å²) < 4.78 is 29.8. The zero-order chi connectivity index (χ0) is 18.4. The summed E-state index contributed by atoms with van der Waals surface area (Å²) in [5.41, 5.74) is 0.639. The number of ether oxygens (including phenoxy) is 1. The summed E-state index contributed by atoms with van der Waals surface area (Å²) in [7, 11) is -3.46. The van der Waals surface area contributed by atoms with E-state index in [2.05, 4.69) is 5.32 Å². The van der Waals surface area contributed by atoms with Gasteiger partial charge < -0.3 is 10.1 Å². The molecule has 0 fully saturated rings. The van der Waals surface area contributed by atoms with Crippen LogP contribution in [-0.4, -0.2) is 26.2 Å². The lowest BCUT2D eigenvalue weighted by Crippen LogP contribution is -2.30. The van der Waals surface area contributed by atoms with E-state index in [0.717, 1.165) is 0 Å². The predicted octanol–water partition coefficient (Wildman–Crippen LogP) is 2.76. The monoisotopic (exact) mass is 358 g/mol. The highest BCUT2D eigenvalue weighted by Crippen LogP contribution is 2.22. The van der Waals surface area contributed by atoms with E-state index in [0.29, 0.717) is 11.3 Å². The lowest BCUT2D eigenvalue weighted by atomic mass is 10.2. The maximum atomic E-state index is 12.3. The van der Waals surface area contributed by atoms with Crippen molar-refractivity contribution in [1.82, 2.24) is 0 Å². The lowest BCUT2D eigenvalue weighted by molar-refractivity contribution is -0.122. The zero-order valence-corrected chi connectivity index (χ0v) is 14.7. The van der Waals surface area contributed by atoms with E-state index in [4.69, 9.17) is 10.00 Å². The van der Waals surface area contributed by atoms with Crippen molar-refractivity contribution in [2.75, 3.05) is 11.1 Å². The fraction of sp³-hybridized carbons (Fsp3) is 0.222. The molecule has 0 aromatic heterocycles. The van der Waals surface area contributed by atoms with E-state index in [1.54, 1.807) is 44.2 Å². The van der Waals surface area contributed by atoms with Gasteiger partial charge in [-0.15, -0.1) is 0 Å². The molecule has 0 aliphatic carbocycles. The van der Waals surface area contributed by atoms with Crippen LogP contribution < -0.4 is 10.1 Å². The molecule has 0 saturated carbocycles. The Morgan fingerprint density at radius 1 is 1.24 bits per heavy atom. The average Bonchev–Trinajstić information content (AvgIpc) is 2.62. The van der Waals surface area contributed by atoms with Gasteiger partial charge in [0.25, 0.3) is 5.91 Å². The molecular weight excluding hydrogens is 340 g/mol. The van der Waals surface area contributed by atoms with Crippen molar-refractivity contribution in [2.24, 2.45) is 0 Å². The fourth-order valence-corrected chi connectivity index (χ4v) is 3.18. The zero-order valence-electron chi connectivity index (χ0n) is 13.9. The van der Waals surface area contributed by atoms with Gasteiger partial charge in [0.15, 0.2) is 15.9 Å². The first-order valence-corrected chi connectivity index (χ1v) is 9.32. The number of carbonyl (C=O) groups is 1. The third-order valence-electron chi connectivity index (χ3n) is 3.51. The SMILES string of the molecule is CCS(=O)(=O)c1ccccc1NC(=O)[C@H](C)Oc1cccc(C#N)c1. The van der Waals surface area contributed by atoms with Crippen molar-refractivity contribution in [3.05, 3.63) is 54.1 Å². The van der Waals surface area contributed by atoms with Gasteiger partial charge >= 0.3 is 0 Å². The van der Waals surface area contributed by atoms with Crippen LogP contribution in [0.1, 0.15) is 19.4 Å². The van der Waals surface area contributed by atoms with E-state index in [9.17, 15) is 13.2 Å². The largest absolute Gasteiger partial charge is 0.481 e. The summed E-state index contributed by atoms with van der Waals surface area (Å²) in [6, 6.07) is 14.7. The van der Waals surface area contributed by atoms with Crippen molar-refractivity contribution in [3.8, 4) is 11.8 Å². The first kappa shape index (κ1) is 18.5. The number of sulfone groups is 1. The van der Waals surface area contributed by atoms with Crippen LogP contribution in [0.25, 0.3) is 0 Å². The van der Waals surface area contributed by atoms with Gasteiger partial charge in [0.05, 0.1) is 28.0 Å². The molecule has 0 heterocycles. The van der Waals surface area contributed by atoms with Crippen LogP contribution in [-0.2, 0) is 14.6 Å². The molecule has 0 bridgehead atoms. The van der Waals surface area contributed by atoms with Gasteiger partial charge in [-0.25, -0.2) is 8.42 Å². The van der Waals surface area contributed by atoms with Crippen molar-refractivity contribution < 1.29 is 17.9 Å². The predicted molar refractivity (Wildman–Crippen MR) is 94.0 cm³/mol. The van der Waals surface area contributed by atoms with Crippen LogP contribution in [0, 0.1) is 11.3 Å². The second kappa shape index (κ2) is 7.81. The Morgan fingerprint density at radius 2 is 1.96 bits per heavy atom. The molecule has 6 nitrogen and oxygen atoms in total. The van der Waals surface area contributed by atoms with Crippen LogP contribution in [0.5, 0.6) is 5.75 Å². The Bertz CT molecular complexity index is 917. The van der Waals surface area contributed by atoms with Crippen LogP contribution in [0.2, 0.25) is 0 Å². The van der Waals surface area contributed by atoms with Gasteiger partial charge in [-0.2, -0.15) is 5.26 Å². The number of hydrogen-bond acceptors (Lipinski definition) is 5. The molecule has 1 amide bonds. The number of hydrogen-bond donors (Lipinski definition) is 1. The standard InChI is InChI=1S/C18H18N2O4S/c1-3-25(22,23)17-10-5-4-9-16(17)20-18(21)13(2)24-15-8-6-7-14(11-15)12-19/h4-11,13H,3H2,1-2H3,(H,20,21)/t13-/m0/s1. The number of benzene rings is 2. The van der Waals surface area contributed by atoms with Gasteiger partial charge in [-0.05, 0) is 37.3 Å². The van der Waals surface area contributed by atoms with Crippen LogP contribution in [0.15, 0.2) is 53.4 Å². The molecule has 0 aliphatic rings. The first-order chi connectivity index (χ1) is 11.9. The lowest BCUT2D eigenvalue weighted by Gasteiger charge is -2.16. The highest BCUT2D eigenvalue weighted by molar-refractivity contribution is 7.91. The highest BCUT2D eigenvalue weighted by Gasteiger charge is 2.20. The van der Waals surface area contributed by atoms with Crippen molar-refractivity contribution in [2.45, 2.75) is 24.8 Å². The fourth-order valence-electron chi connectivity index (χ4n) is 2.13. The van der Waals surface area contributed by atoms with Gasteiger partial charge in [-0.3, -0.25) is 4.79 Å². The third kappa shape index (κ3) is 4.58. The second-order valence-electron chi connectivity index (χ2n) is 5.29.